The van der Waals surface area contributed by atoms with Crippen molar-refractivity contribution in [2.24, 2.45) is 5.92 Å². The molecule has 0 rings (SSSR count). The van der Waals surface area contributed by atoms with Crippen molar-refractivity contribution in [1.29, 1.82) is 0 Å². The van der Waals surface area contributed by atoms with Gasteiger partial charge in [0.2, 0.25) is 0 Å². The highest BCUT2D eigenvalue weighted by atomic mass is 16.4. The minimum atomic E-state index is -0.943. The minimum Gasteiger partial charge on any atom is -0.481 e. The third-order valence-corrected chi connectivity index (χ3v) is 2.41. The molecule has 0 aliphatic carbocycles. The summed E-state index contributed by atoms with van der Waals surface area (Å²) in [5.41, 5.74) is 0. The van der Waals surface area contributed by atoms with Crippen molar-refractivity contribution in [2.75, 3.05) is 0 Å². The second-order valence-electron chi connectivity index (χ2n) is 3.79. The van der Waals surface area contributed by atoms with Gasteiger partial charge >= 0.3 is 11.9 Å². The molecule has 1 unspecified atom stereocenters. The smallest absolute Gasteiger partial charge is 0.306 e. The van der Waals surface area contributed by atoms with Crippen molar-refractivity contribution in [3.05, 3.63) is 0 Å². The Bertz CT molecular complexity index is 259. The van der Waals surface area contributed by atoms with Crippen molar-refractivity contribution in [2.45, 2.75) is 45.4 Å². The first kappa shape index (κ1) is 14.6. The maximum Gasteiger partial charge on any atom is 0.306 e. The largest absolute Gasteiger partial charge is 0.481 e. The Morgan fingerprint density at radius 2 is 1.62 bits per heavy atom. The molecule has 0 fully saturated rings. The molecule has 0 saturated carbocycles. The number of carboxylic acids is 2. The van der Waals surface area contributed by atoms with Crippen LogP contribution in [0.15, 0.2) is 0 Å². The van der Waals surface area contributed by atoms with Crippen LogP contribution in [0.3, 0.4) is 0 Å². The van der Waals surface area contributed by atoms with E-state index >= 15 is 0 Å². The third kappa shape index (κ3) is 6.98. The fourth-order valence-corrected chi connectivity index (χ4v) is 1.38. The van der Waals surface area contributed by atoms with Gasteiger partial charge in [-0.25, -0.2) is 0 Å². The highest BCUT2D eigenvalue weighted by Gasteiger charge is 2.18. The van der Waals surface area contributed by atoms with E-state index in [0.717, 1.165) is 0 Å². The molecule has 0 aromatic carbocycles. The number of aliphatic carboxylic acids is 2. The van der Waals surface area contributed by atoms with E-state index in [1.165, 1.54) is 0 Å². The first-order valence-corrected chi connectivity index (χ1v) is 5.43. The van der Waals surface area contributed by atoms with Crippen molar-refractivity contribution in [3.8, 4) is 0 Å². The van der Waals surface area contributed by atoms with Crippen molar-refractivity contribution >= 4 is 17.7 Å². The van der Waals surface area contributed by atoms with Gasteiger partial charge in [0.25, 0.3) is 0 Å². The van der Waals surface area contributed by atoms with Crippen LogP contribution in [0.25, 0.3) is 0 Å². The topological polar surface area (TPSA) is 91.7 Å². The van der Waals surface area contributed by atoms with E-state index in [2.05, 4.69) is 0 Å². The van der Waals surface area contributed by atoms with Crippen molar-refractivity contribution in [3.63, 3.8) is 0 Å². The Morgan fingerprint density at radius 1 is 1.06 bits per heavy atom. The average molecular weight is 230 g/mol. The maximum absolute atomic E-state index is 11.4. The molecular formula is C11H18O5. The van der Waals surface area contributed by atoms with Crippen LogP contribution in [0.1, 0.15) is 45.4 Å². The molecule has 0 amide bonds. The summed E-state index contributed by atoms with van der Waals surface area (Å²) in [6.45, 7) is 1.73. The predicted octanol–water partition coefficient (Wildman–Crippen LogP) is 1.70. The molecule has 0 saturated heterocycles. The van der Waals surface area contributed by atoms with Gasteiger partial charge in [-0.2, -0.15) is 0 Å². The normalized spacial score (nSPS) is 12.1. The van der Waals surface area contributed by atoms with Gasteiger partial charge in [-0.15, -0.1) is 0 Å². The molecule has 0 aliphatic rings. The zero-order valence-corrected chi connectivity index (χ0v) is 9.44. The lowest BCUT2D eigenvalue weighted by Crippen LogP contribution is -2.17. The number of carbonyl (C=O) groups is 3. The van der Waals surface area contributed by atoms with Gasteiger partial charge in [-0.1, -0.05) is 6.92 Å². The number of hydrogen-bond donors (Lipinski definition) is 2. The number of unbranched alkanes of at least 4 members (excludes halogenated alkanes) is 1. The van der Waals surface area contributed by atoms with Crippen LogP contribution >= 0.6 is 0 Å². The standard InChI is InChI=1S/C11H18O5/c1-2-8(11(15)16)7-9(12)5-3-4-6-10(13)14/h8H,2-7H2,1H3,(H,13,14)(H,15,16). The van der Waals surface area contributed by atoms with Crippen LogP contribution in [-0.4, -0.2) is 27.9 Å². The number of hydrogen-bond acceptors (Lipinski definition) is 3. The summed E-state index contributed by atoms with van der Waals surface area (Å²) < 4.78 is 0. The van der Waals surface area contributed by atoms with E-state index in [9.17, 15) is 14.4 Å². The lowest BCUT2D eigenvalue weighted by Gasteiger charge is -2.07. The number of ketones is 1. The molecule has 92 valence electrons. The quantitative estimate of drug-likeness (QED) is 0.588. The van der Waals surface area contributed by atoms with Gasteiger partial charge in [0.1, 0.15) is 5.78 Å². The Labute approximate surface area is 94.5 Å². The Kier molecular flexibility index (Phi) is 7.16. The van der Waals surface area contributed by atoms with Gasteiger partial charge in [-0.3, -0.25) is 14.4 Å². The molecule has 5 nitrogen and oxygen atoms in total. The molecule has 0 heterocycles. The van der Waals surface area contributed by atoms with Crippen molar-refractivity contribution in [1.82, 2.24) is 0 Å². The highest BCUT2D eigenvalue weighted by Crippen LogP contribution is 2.12. The number of Topliss-reactive ketones (excluding diaryl/α,β-unsaturated/α-hetero) is 1. The van der Waals surface area contributed by atoms with E-state index in [-0.39, 0.29) is 25.0 Å². The number of carboxylic acid groups (broad SMARTS) is 2. The average Bonchev–Trinajstić information content (AvgIpc) is 2.20. The SMILES string of the molecule is CCC(CC(=O)CCCCC(=O)O)C(=O)O. The Morgan fingerprint density at radius 3 is 2.06 bits per heavy atom. The lowest BCUT2D eigenvalue weighted by molar-refractivity contribution is -0.143. The Balaban J connectivity index is 3.73. The lowest BCUT2D eigenvalue weighted by atomic mass is 9.97. The van der Waals surface area contributed by atoms with Gasteiger partial charge < -0.3 is 10.2 Å². The second kappa shape index (κ2) is 7.84. The molecule has 0 aliphatic heterocycles. The molecular weight excluding hydrogens is 212 g/mol. The van der Waals surface area contributed by atoms with Gasteiger partial charge in [0.05, 0.1) is 5.92 Å². The fourth-order valence-electron chi connectivity index (χ4n) is 1.38. The summed E-state index contributed by atoms with van der Waals surface area (Å²) in [5, 5.41) is 17.1. The van der Waals surface area contributed by atoms with Gasteiger partial charge in [-0.05, 0) is 19.3 Å². The number of rotatable bonds is 9. The van der Waals surface area contributed by atoms with Crippen molar-refractivity contribution < 1.29 is 24.6 Å². The minimum absolute atomic E-state index is 0.0545. The second-order valence-corrected chi connectivity index (χ2v) is 3.79. The summed E-state index contributed by atoms with van der Waals surface area (Å²) in [5.74, 6) is -2.52. The summed E-state index contributed by atoms with van der Waals surface area (Å²) in [6.07, 6.45) is 1.81. The molecule has 2 N–H and O–H groups in total. The van der Waals surface area contributed by atoms with Crippen LogP contribution in [0.4, 0.5) is 0 Å². The van der Waals surface area contributed by atoms with E-state index in [1.807, 2.05) is 0 Å². The summed E-state index contributed by atoms with van der Waals surface area (Å²) in [4.78, 5) is 32.2. The zero-order chi connectivity index (χ0) is 12.6. The summed E-state index contributed by atoms with van der Waals surface area (Å²) >= 11 is 0. The molecule has 5 heteroatoms. The van der Waals surface area contributed by atoms with Crippen LogP contribution in [0, 0.1) is 5.92 Å². The highest BCUT2D eigenvalue weighted by molar-refractivity contribution is 5.83. The molecule has 0 aromatic rings. The third-order valence-electron chi connectivity index (χ3n) is 2.41. The van der Waals surface area contributed by atoms with Gasteiger partial charge in [0.15, 0.2) is 0 Å². The molecule has 0 spiro atoms. The predicted molar refractivity (Wildman–Crippen MR) is 57.1 cm³/mol. The van der Waals surface area contributed by atoms with E-state index in [0.29, 0.717) is 19.3 Å². The first-order valence-electron chi connectivity index (χ1n) is 5.43. The maximum atomic E-state index is 11.4. The summed E-state index contributed by atoms with van der Waals surface area (Å²) in [7, 11) is 0. The first-order chi connectivity index (χ1) is 7.47. The summed E-state index contributed by atoms with van der Waals surface area (Å²) in [6, 6.07) is 0. The monoisotopic (exact) mass is 230 g/mol. The molecule has 1 atom stereocenters. The molecule has 0 bridgehead atoms. The van der Waals surface area contributed by atoms with Crippen LogP contribution < -0.4 is 0 Å². The fraction of sp³-hybridized carbons (Fsp3) is 0.727. The molecule has 0 radical (unpaired) electrons. The Hall–Kier alpha value is -1.39. The van der Waals surface area contributed by atoms with Gasteiger partial charge in [0, 0.05) is 19.3 Å². The molecule has 16 heavy (non-hydrogen) atoms. The zero-order valence-electron chi connectivity index (χ0n) is 9.44. The van der Waals surface area contributed by atoms with E-state index in [1.54, 1.807) is 6.92 Å². The van der Waals surface area contributed by atoms with E-state index in [4.69, 9.17) is 10.2 Å². The van der Waals surface area contributed by atoms with Crippen LogP contribution in [0.2, 0.25) is 0 Å². The number of carbonyl (C=O) groups excluding carboxylic acids is 1. The molecule has 0 aromatic heterocycles. The van der Waals surface area contributed by atoms with Crippen LogP contribution in [0.5, 0.6) is 0 Å². The van der Waals surface area contributed by atoms with E-state index < -0.39 is 17.9 Å². The van der Waals surface area contributed by atoms with Crippen LogP contribution in [-0.2, 0) is 14.4 Å².